The molecule has 1 atom stereocenters. The molecule has 0 spiro atoms. The van der Waals surface area contributed by atoms with E-state index < -0.39 is 5.97 Å². The molecule has 0 heterocycles. The largest absolute Gasteiger partial charge is 0.481 e. The van der Waals surface area contributed by atoms with Crippen molar-refractivity contribution in [2.24, 2.45) is 5.73 Å². The van der Waals surface area contributed by atoms with E-state index in [1.165, 1.54) is 32.1 Å². The molecule has 0 amide bonds. The topological polar surface area (TPSA) is 63.3 Å². The zero-order chi connectivity index (χ0) is 9.68. The zero-order valence-electron chi connectivity index (χ0n) is 7.74. The van der Waals surface area contributed by atoms with Gasteiger partial charge in [-0.3, -0.25) is 4.79 Å². The summed E-state index contributed by atoms with van der Waals surface area (Å²) in [6, 6.07) is 0. The van der Waals surface area contributed by atoms with Crippen molar-refractivity contribution >= 4 is 17.7 Å². The van der Waals surface area contributed by atoms with Gasteiger partial charge in [-0.05, 0) is 12.8 Å². The first-order valence-corrected chi connectivity index (χ1v) is 5.75. The van der Waals surface area contributed by atoms with Crippen LogP contribution >= 0.6 is 11.8 Å². The lowest BCUT2D eigenvalue weighted by Crippen LogP contribution is -2.24. The van der Waals surface area contributed by atoms with Gasteiger partial charge in [0.1, 0.15) is 0 Å². The van der Waals surface area contributed by atoms with E-state index in [2.05, 4.69) is 0 Å². The van der Waals surface area contributed by atoms with Gasteiger partial charge in [0.2, 0.25) is 0 Å². The van der Waals surface area contributed by atoms with Crippen LogP contribution < -0.4 is 5.73 Å². The molecule has 0 aromatic heterocycles. The Hall–Kier alpha value is -0.220. The molecule has 0 aromatic carbocycles. The van der Waals surface area contributed by atoms with E-state index in [1.807, 2.05) is 0 Å². The summed E-state index contributed by atoms with van der Waals surface area (Å²) in [5.41, 5.74) is 5.69. The maximum atomic E-state index is 10.4. The predicted molar refractivity (Wildman–Crippen MR) is 54.7 cm³/mol. The number of thioether (sulfide) groups is 1. The molecule has 1 fully saturated rings. The van der Waals surface area contributed by atoms with E-state index in [-0.39, 0.29) is 11.8 Å². The highest BCUT2D eigenvalue weighted by Gasteiger charge is 2.18. The molecule has 0 radical (unpaired) electrons. The van der Waals surface area contributed by atoms with Crippen molar-refractivity contribution in [1.82, 2.24) is 0 Å². The van der Waals surface area contributed by atoms with E-state index in [4.69, 9.17) is 10.8 Å². The van der Waals surface area contributed by atoms with Crippen LogP contribution in [-0.4, -0.2) is 21.7 Å². The lowest BCUT2D eigenvalue weighted by Gasteiger charge is -2.23. The van der Waals surface area contributed by atoms with Crippen LogP contribution in [0.3, 0.4) is 0 Å². The fourth-order valence-corrected chi connectivity index (χ4v) is 3.01. The van der Waals surface area contributed by atoms with Crippen LogP contribution in [0.5, 0.6) is 0 Å². The van der Waals surface area contributed by atoms with Gasteiger partial charge in [0, 0.05) is 5.25 Å². The second kappa shape index (κ2) is 5.50. The lowest BCUT2D eigenvalue weighted by molar-refractivity contribution is -0.136. The van der Waals surface area contributed by atoms with Gasteiger partial charge >= 0.3 is 5.97 Å². The van der Waals surface area contributed by atoms with Crippen molar-refractivity contribution in [1.29, 1.82) is 0 Å². The minimum absolute atomic E-state index is 0.0845. The minimum atomic E-state index is -0.796. The van der Waals surface area contributed by atoms with E-state index in [1.54, 1.807) is 11.8 Å². The Morgan fingerprint density at radius 1 is 1.46 bits per heavy atom. The summed E-state index contributed by atoms with van der Waals surface area (Å²) < 4.78 is 0. The Kier molecular flexibility index (Phi) is 4.59. The molecule has 4 heteroatoms. The summed E-state index contributed by atoms with van der Waals surface area (Å²) in [5, 5.41) is 8.90. The van der Waals surface area contributed by atoms with E-state index in [9.17, 15) is 4.79 Å². The van der Waals surface area contributed by atoms with Crippen LogP contribution in [0, 0.1) is 0 Å². The van der Waals surface area contributed by atoms with Crippen molar-refractivity contribution < 1.29 is 9.90 Å². The second-order valence-electron chi connectivity index (χ2n) is 3.53. The van der Waals surface area contributed by atoms with Crippen molar-refractivity contribution in [3.05, 3.63) is 0 Å². The number of hydrogen-bond donors (Lipinski definition) is 2. The summed E-state index contributed by atoms with van der Waals surface area (Å²) in [7, 11) is 0. The molecule has 0 saturated heterocycles. The molecule has 3 nitrogen and oxygen atoms in total. The summed E-state index contributed by atoms with van der Waals surface area (Å²) in [5.74, 6) is -0.796. The quantitative estimate of drug-likeness (QED) is 0.684. The maximum absolute atomic E-state index is 10.4. The average molecular weight is 203 g/mol. The first-order valence-electron chi connectivity index (χ1n) is 4.81. The van der Waals surface area contributed by atoms with E-state index in [0.29, 0.717) is 5.25 Å². The monoisotopic (exact) mass is 203 g/mol. The predicted octanol–water partition coefficient (Wildman–Crippen LogP) is 1.81. The summed E-state index contributed by atoms with van der Waals surface area (Å²) >= 11 is 1.65. The van der Waals surface area contributed by atoms with Crippen LogP contribution in [0.15, 0.2) is 0 Å². The number of aliphatic carboxylic acids is 1. The molecule has 0 aliphatic heterocycles. The summed E-state index contributed by atoms with van der Waals surface area (Å²) in [6.07, 6.45) is 6.37. The van der Waals surface area contributed by atoms with Crippen LogP contribution in [-0.2, 0) is 4.79 Å². The highest BCUT2D eigenvalue weighted by molar-refractivity contribution is 8.00. The van der Waals surface area contributed by atoms with Gasteiger partial charge in [-0.15, -0.1) is 11.8 Å². The van der Waals surface area contributed by atoms with Crippen molar-refractivity contribution in [2.75, 3.05) is 0 Å². The highest BCUT2D eigenvalue weighted by atomic mass is 32.2. The molecular formula is C9H17NO2S. The number of carboxylic acid groups (broad SMARTS) is 1. The molecule has 3 N–H and O–H groups in total. The van der Waals surface area contributed by atoms with Gasteiger partial charge in [0.15, 0.2) is 0 Å². The normalized spacial score (nSPS) is 21.3. The Labute approximate surface area is 83.1 Å². The maximum Gasteiger partial charge on any atom is 0.305 e. The molecular weight excluding hydrogens is 186 g/mol. The number of carboxylic acids is 1. The Bertz CT molecular complexity index is 169. The number of nitrogens with two attached hydrogens (primary N) is 1. The number of rotatable bonds is 4. The molecule has 1 aliphatic carbocycles. The highest BCUT2D eigenvalue weighted by Crippen LogP contribution is 2.30. The zero-order valence-corrected chi connectivity index (χ0v) is 8.55. The molecule has 1 aliphatic rings. The Morgan fingerprint density at radius 3 is 2.62 bits per heavy atom. The standard InChI is InChI=1S/C9H17NO2S/c10-8(6-9(11)12)13-7-4-2-1-3-5-7/h7-8H,1-6,10H2,(H,11,12). The fraction of sp³-hybridized carbons (Fsp3) is 0.889. The third-order valence-electron chi connectivity index (χ3n) is 2.30. The van der Waals surface area contributed by atoms with Gasteiger partial charge in [0.25, 0.3) is 0 Å². The number of carbonyl (C=O) groups is 1. The average Bonchev–Trinajstić information content (AvgIpc) is 2.04. The van der Waals surface area contributed by atoms with Crippen LogP contribution in [0.25, 0.3) is 0 Å². The third kappa shape index (κ3) is 4.52. The van der Waals surface area contributed by atoms with Crippen molar-refractivity contribution in [3.63, 3.8) is 0 Å². The molecule has 1 rings (SSSR count). The van der Waals surface area contributed by atoms with Gasteiger partial charge in [-0.2, -0.15) is 0 Å². The Morgan fingerprint density at radius 2 is 2.08 bits per heavy atom. The molecule has 76 valence electrons. The van der Waals surface area contributed by atoms with Crippen LogP contribution in [0.2, 0.25) is 0 Å². The smallest absolute Gasteiger partial charge is 0.305 e. The first-order chi connectivity index (χ1) is 6.18. The lowest BCUT2D eigenvalue weighted by atomic mass is 10.0. The molecule has 1 unspecified atom stereocenters. The molecule has 1 saturated carbocycles. The van der Waals surface area contributed by atoms with Crippen molar-refractivity contribution in [3.8, 4) is 0 Å². The van der Waals surface area contributed by atoms with Gasteiger partial charge in [0.05, 0.1) is 11.8 Å². The summed E-state index contributed by atoms with van der Waals surface area (Å²) in [4.78, 5) is 10.4. The third-order valence-corrected chi connectivity index (χ3v) is 3.67. The second-order valence-corrected chi connectivity index (χ2v) is 5.08. The SMILES string of the molecule is NC(CC(=O)O)SC1CCCCC1. The van der Waals surface area contributed by atoms with Gasteiger partial charge < -0.3 is 10.8 Å². The van der Waals surface area contributed by atoms with E-state index in [0.717, 1.165) is 0 Å². The van der Waals surface area contributed by atoms with Gasteiger partial charge in [-0.1, -0.05) is 19.3 Å². The molecule has 13 heavy (non-hydrogen) atoms. The molecule has 0 bridgehead atoms. The fourth-order valence-electron chi connectivity index (χ4n) is 1.67. The number of hydrogen-bond acceptors (Lipinski definition) is 3. The summed E-state index contributed by atoms with van der Waals surface area (Å²) in [6.45, 7) is 0. The van der Waals surface area contributed by atoms with Crippen molar-refractivity contribution in [2.45, 2.75) is 49.1 Å². The Balaban J connectivity index is 2.18. The first kappa shape index (κ1) is 10.9. The minimum Gasteiger partial charge on any atom is -0.481 e. The van der Waals surface area contributed by atoms with Crippen LogP contribution in [0.4, 0.5) is 0 Å². The van der Waals surface area contributed by atoms with Crippen LogP contribution in [0.1, 0.15) is 38.5 Å². The molecule has 0 aromatic rings. The van der Waals surface area contributed by atoms with Gasteiger partial charge in [-0.25, -0.2) is 0 Å². The van der Waals surface area contributed by atoms with E-state index >= 15 is 0 Å².